The Bertz CT molecular complexity index is 566. The van der Waals surface area contributed by atoms with Crippen molar-refractivity contribution in [2.75, 3.05) is 0 Å². The fraction of sp³-hybridized carbons (Fsp3) is 0. The third kappa shape index (κ3) is 1.58. The number of hydrogen-bond donors (Lipinski definition) is 0. The van der Waals surface area contributed by atoms with Gasteiger partial charge in [-0.3, -0.25) is 0 Å². The number of isocyanates is 1. The summed E-state index contributed by atoms with van der Waals surface area (Å²) in [5.41, 5.74) is 1.68. The van der Waals surface area contributed by atoms with Gasteiger partial charge in [0.05, 0.1) is 5.69 Å². The smallest absolute Gasteiger partial charge is 0.211 e. The molecule has 2 heteroatoms. The molecule has 2 rings (SSSR count). The maximum Gasteiger partial charge on any atom is 0.240 e. The molecule has 0 aliphatic carbocycles. The number of hydrogen-bond acceptors (Lipinski definition) is 2. The molecule has 0 radical (unpaired) electrons. The Labute approximate surface area is 87.6 Å². The SMILES string of the molecule is C=Cc1ccc(N=C=O)c2ccccc12. The number of aliphatic imine (C=N–C) groups is 1. The predicted molar refractivity (Wildman–Crippen MR) is 61.8 cm³/mol. The van der Waals surface area contributed by atoms with Gasteiger partial charge in [0, 0.05) is 5.39 Å². The van der Waals surface area contributed by atoms with E-state index >= 15 is 0 Å². The highest BCUT2D eigenvalue weighted by Crippen LogP contribution is 2.28. The first-order chi connectivity index (χ1) is 7.36. The Kier molecular flexibility index (Phi) is 2.44. The van der Waals surface area contributed by atoms with E-state index in [9.17, 15) is 4.79 Å². The van der Waals surface area contributed by atoms with Crippen molar-refractivity contribution >= 4 is 28.6 Å². The molecule has 0 fully saturated rings. The molecule has 2 aromatic rings. The van der Waals surface area contributed by atoms with Crippen LogP contribution in [-0.4, -0.2) is 6.08 Å². The molecule has 0 heterocycles. The number of rotatable bonds is 2. The largest absolute Gasteiger partial charge is 0.240 e. The zero-order valence-corrected chi connectivity index (χ0v) is 8.10. The summed E-state index contributed by atoms with van der Waals surface area (Å²) in [6, 6.07) is 11.5. The van der Waals surface area contributed by atoms with Gasteiger partial charge in [0.15, 0.2) is 0 Å². The van der Waals surface area contributed by atoms with E-state index in [0.717, 1.165) is 16.3 Å². The summed E-state index contributed by atoms with van der Waals surface area (Å²) in [7, 11) is 0. The van der Waals surface area contributed by atoms with Gasteiger partial charge in [-0.25, -0.2) is 4.79 Å². The summed E-state index contributed by atoms with van der Waals surface area (Å²) >= 11 is 0. The van der Waals surface area contributed by atoms with E-state index in [1.54, 1.807) is 18.2 Å². The molecule has 2 nitrogen and oxygen atoms in total. The van der Waals surface area contributed by atoms with Gasteiger partial charge < -0.3 is 0 Å². The van der Waals surface area contributed by atoms with Gasteiger partial charge in [-0.05, 0) is 17.0 Å². The van der Waals surface area contributed by atoms with Gasteiger partial charge in [0.1, 0.15) is 0 Å². The van der Waals surface area contributed by atoms with E-state index in [2.05, 4.69) is 11.6 Å². The number of carbonyl (C=O) groups excluding carboxylic acids is 1. The number of benzene rings is 2. The summed E-state index contributed by atoms with van der Waals surface area (Å²) in [6.07, 6.45) is 3.35. The fourth-order valence-electron chi connectivity index (χ4n) is 1.63. The van der Waals surface area contributed by atoms with E-state index in [-0.39, 0.29) is 0 Å². The molecule has 0 saturated carbocycles. The second kappa shape index (κ2) is 3.91. The van der Waals surface area contributed by atoms with Crippen LogP contribution in [0.3, 0.4) is 0 Å². The van der Waals surface area contributed by atoms with Crippen molar-refractivity contribution in [3.63, 3.8) is 0 Å². The maximum absolute atomic E-state index is 10.3. The summed E-state index contributed by atoms with van der Waals surface area (Å²) < 4.78 is 0. The van der Waals surface area contributed by atoms with Gasteiger partial charge in [-0.1, -0.05) is 43.0 Å². The first-order valence-corrected chi connectivity index (χ1v) is 4.59. The first kappa shape index (κ1) is 9.38. The van der Waals surface area contributed by atoms with Crippen LogP contribution in [0.15, 0.2) is 48.0 Å². The summed E-state index contributed by atoms with van der Waals surface area (Å²) in [4.78, 5) is 13.9. The Morgan fingerprint density at radius 3 is 2.53 bits per heavy atom. The van der Waals surface area contributed by atoms with Gasteiger partial charge >= 0.3 is 0 Å². The number of fused-ring (bicyclic) bond motifs is 1. The van der Waals surface area contributed by atoms with Gasteiger partial charge in [0.2, 0.25) is 6.08 Å². The highest BCUT2D eigenvalue weighted by Gasteiger charge is 2.01. The third-order valence-corrected chi connectivity index (χ3v) is 2.32. The van der Waals surface area contributed by atoms with Crippen LogP contribution in [0.2, 0.25) is 0 Å². The lowest BCUT2D eigenvalue weighted by atomic mass is 10.0. The lowest BCUT2D eigenvalue weighted by Gasteiger charge is -2.03. The van der Waals surface area contributed by atoms with Crippen LogP contribution in [0.4, 0.5) is 5.69 Å². The average molecular weight is 195 g/mol. The minimum atomic E-state index is 0.645. The molecular weight excluding hydrogens is 186 g/mol. The molecule has 0 aromatic heterocycles. The number of nitrogens with zero attached hydrogens (tertiary/aromatic N) is 1. The molecular formula is C13H9NO. The molecule has 15 heavy (non-hydrogen) atoms. The van der Waals surface area contributed by atoms with Gasteiger partial charge in [0.25, 0.3) is 0 Å². The molecule has 0 atom stereocenters. The predicted octanol–water partition coefficient (Wildman–Crippen LogP) is 3.45. The molecule has 0 aliphatic rings. The van der Waals surface area contributed by atoms with Crippen LogP contribution in [0.1, 0.15) is 5.56 Å². The van der Waals surface area contributed by atoms with Crippen LogP contribution in [-0.2, 0) is 4.79 Å². The van der Waals surface area contributed by atoms with Crippen molar-refractivity contribution in [2.24, 2.45) is 4.99 Å². The molecule has 0 amide bonds. The molecule has 0 bridgehead atoms. The summed E-state index contributed by atoms with van der Waals surface area (Å²) in [5, 5.41) is 1.99. The molecule has 0 N–H and O–H groups in total. The zero-order chi connectivity index (χ0) is 10.7. The van der Waals surface area contributed by atoms with Crippen LogP contribution in [0.5, 0.6) is 0 Å². The Morgan fingerprint density at radius 2 is 1.87 bits per heavy atom. The second-order valence-corrected chi connectivity index (χ2v) is 3.13. The summed E-state index contributed by atoms with van der Waals surface area (Å²) in [5.74, 6) is 0. The minimum absolute atomic E-state index is 0.645. The highest BCUT2D eigenvalue weighted by molar-refractivity contribution is 5.98. The van der Waals surface area contributed by atoms with E-state index in [4.69, 9.17) is 0 Å². The molecule has 0 spiro atoms. The molecule has 0 aliphatic heterocycles. The second-order valence-electron chi connectivity index (χ2n) is 3.13. The standard InChI is InChI=1S/C13H9NO/c1-2-10-7-8-13(14-9-15)12-6-4-3-5-11(10)12/h2-8H,1H2. The van der Waals surface area contributed by atoms with Crippen LogP contribution in [0.25, 0.3) is 16.8 Å². The zero-order valence-electron chi connectivity index (χ0n) is 8.10. The quantitative estimate of drug-likeness (QED) is 0.533. The molecule has 0 saturated heterocycles. The van der Waals surface area contributed by atoms with E-state index in [1.807, 2.05) is 30.3 Å². The van der Waals surface area contributed by atoms with Crippen molar-refractivity contribution < 1.29 is 4.79 Å². The Hall–Kier alpha value is -2.18. The van der Waals surface area contributed by atoms with Crippen LogP contribution in [0, 0.1) is 0 Å². The molecule has 72 valence electrons. The summed E-state index contributed by atoms with van der Waals surface area (Å²) in [6.45, 7) is 3.75. The lowest BCUT2D eigenvalue weighted by Crippen LogP contribution is -1.78. The third-order valence-electron chi connectivity index (χ3n) is 2.32. The lowest BCUT2D eigenvalue weighted by molar-refractivity contribution is 0.565. The van der Waals surface area contributed by atoms with Crippen molar-refractivity contribution in [3.8, 4) is 0 Å². The fourth-order valence-corrected chi connectivity index (χ4v) is 1.63. The van der Waals surface area contributed by atoms with Crippen molar-refractivity contribution in [2.45, 2.75) is 0 Å². The normalized spacial score (nSPS) is 9.60. The topological polar surface area (TPSA) is 29.4 Å². The van der Waals surface area contributed by atoms with Crippen LogP contribution >= 0.6 is 0 Å². The van der Waals surface area contributed by atoms with Crippen molar-refractivity contribution in [3.05, 3.63) is 48.5 Å². The van der Waals surface area contributed by atoms with E-state index in [1.165, 1.54) is 0 Å². The Balaban J connectivity index is 2.88. The monoisotopic (exact) mass is 195 g/mol. The average Bonchev–Trinajstić information content (AvgIpc) is 2.30. The maximum atomic E-state index is 10.3. The van der Waals surface area contributed by atoms with Crippen LogP contribution < -0.4 is 0 Å². The van der Waals surface area contributed by atoms with Crippen molar-refractivity contribution in [1.82, 2.24) is 0 Å². The Morgan fingerprint density at radius 1 is 1.13 bits per heavy atom. The molecule has 0 unspecified atom stereocenters. The van der Waals surface area contributed by atoms with Gasteiger partial charge in [-0.15, -0.1) is 0 Å². The molecule has 2 aromatic carbocycles. The minimum Gasteiger partial charge on any atom is -0.211 e. The highest BCUT2D eigenvalue weighted by atomic mass is 16.1. The van der Waals surface area contributed by atoms with E-state index in [0.29, 0.717) is 5.69 Å². The van der Waals surface area contributed by atoms with Crippen molar-refractivity contribution in [1.29, 1.82) is 0 Å². The van der Waals surface area contributed by atoms with E-state index < -0.39 is 0 Å². The van der Waals surface area contributed by atoms with Gasteiger partial charge in [-0.2, -0.15) is 4.99 Å². The first-order valence-electron chi connectivity index (χ1n) is 4.59.